The Kier molecular flexibility index (Phi) is 6.42. The Morgan fingerprint density at radius 2 is 1.84 bits per heavy atom. The molecule has 0 aromatic heterocycles. The molecule has 1 amide bonds. The molecule has 132 valence electrons. The van der Waals surface area contributed by atoms with Gasteiger partial charge in [0, 0.05) is 5.02 Å². The molecule has 0 spiro atoms. The summed E-state index contributed by atoms with van der Waals surface area (Å²) < 4.78 is 10.4. The zero-order chi connectivity index (χ0) is 18.4. The number of hydrogen-bond donors (Lipinski definition) is 1. The van der Waals surface area contributed by atoms with E-state index in [-0.39, 0.29) is 6.42 Å². The van der Waals surface area contributed by atoms with Crippen LogP contribution in [0.3, 0.4) is 0 Å². The van der Waals surface area contributed by atoms with Gasteiger partial charge in [0.15, 0.2) is 6.10 Å². The third-order valence-electron chi connectivity index (χ3n) is 3.57. The number of carbonyl (C=O) groups excluding carboxylic acids is 2. The molecule has 0 aliphatic rings. The van der Waals surface area contributed by atoms with Gasteiger partial charge in [-0.3, -0.25) is 9.59 Å². The fourth-order valence-corrected chi connectivity index (χ4v) is 2.35. The summed E-state index contributed by atoms with van der Waals surface area (Å²) in [5.74, 6) is -0.460. The highest BCUT2D eigenvalue weighted by Crippen LogP contribution is 2.27. The van der Waals surface area contributed by atoms with Gasteiger partial charge in [-0.25, -0.2) is 0 Å². The number of halogens is 1. The Balaban J connectivity index is 1.94. The molecule has 2 aromatic rings. The molecule has 0 aliphatic heterocycles. The average Bonchev–Trinajstić information content (AvgIpc) is 2.57. The van der Waals surface area contributed by atoms with Crippen LogP contribution in [-0.2, 0) is 20.7 Å². The topological polar surface area (TPSA) is 64.6 Å². The highest BCUT2D eigenvalue weighted by Gasteiger charge is 2.19. The molecule has 5 nitrogen and oxygen atoms in total. The Labute approximate surface area is 151 Å². The lowest BCUT2D eigenvalue weighted by Gasteiger charge is -2.15. The average molecular weight is 362 g/mol. The summed E-state index contributed by atoms with van der Waals surface area (Å²) >= 11 is 5.93. The number of hydrogen-bond acceptors (Lipinski definition) is 4. The summed E-state index contributed by atoms with van der Waals surface area (Å²) in [6.45, 7) is 3.48. The van der Waals surface area contributed by atoms with Gasteiger partial charge in [0.05, 0.1) is 19.2 Å². The zero-order valence-electron chi connectivity index (χ0n) is 14.3. The van der Waals surface area contributed by atoms with Crippen LogP contribution in [-0.4, -0.2) is 25.1 Å². The Bertz CT molecular complexity index is 759. The number of anilines is 1. The van der Waals surface area contributed by atoms with Crippen LogP contribution in [0.4, 0.5) is 5.69 Å². The van der Waals surface area contributed by atoms with Gasteiger partial charge in [0.25, 0.3) is 5.91 Å². The van der Waals surface area contributed by atoms with Crippen LogP contribution >= 0.6 is 11.6 Å². The summed E-state index contributed by atoms with van der Waals surface area (Å²) in [6.07, 6.45) is -0.833. The van der Waals surface area contributed by atoms with Crippen LogP contribution in [0.5, 0.6) is 5.75 Å². The van der Waals surface area contributed by atoms with Gasteiger partial charge in [-0.05, 0) is 37.6 Å². The van der Waals surface area contributed by atoms with Crippen molar-refractivity contribution in [2.24, 2.45) is 0 Å². The first-order chi connectivity index (χ1) is 11.9. The predicted molar refractivity (Wildman–Crippen MR) is 97.1 cm³/mol. The minimum Gasteiger partial charge on any atom is -0.495 e. The first-order valence-corrected chi connectivity index (χ1v) is 8.16. The van der Waals surface area contributed by atoms with E-state index >= 15 is 0 Å². The first kappa shape index (κ1) is 18.8. The second-order valence-electron chi connectivity index (χ2n) is 5.63. The van der Waals surface area contributed by atoms with Crippen molar-refractivity contribution in [3.8, 4) is 5.75 Å². The van der Waals surface area contributed by atoms with E-state index in [4.69, 9.17) is 21.1 Å². The third kappa shape index (κ3) is 5.50. The standard InChI is InChI=1S/C19H20ClNO4/c1-12-4-6-14(7-5-12)10-18(22)25-13(2)19(23)21-16-11-15(20)8-9-17(16)24-3/h4-9,11,13H,10H2,1-3H3,(H,21,23)/t13-/m1/s1. The van der Waals surface area contributed by atoms with E-state index in [0.717, 1.165) is 11.1 Å². The van der Waals surface area contributed by atoms with Crippen molar-refractivity contribution in [1.82, 2.24) is 0 Å². The SMILES string of the molecule is COc1ccc(Cl)cc1NC(=O)[C@@H](C)OC(=O)Cc1ccc(C)cc1. The molecule has 0 unspecified atom stereocenters. The van der Waals surface area contributed by atoms with Crippen LogP contribution in [0.15, 0.2) is 42.5 Å². The molecule has 0 aliphatic carbocycles. The third-order valence-corrected chi connectivity index (χ3v) is 3.80. The molecule has 0 heterocycles. The number of ether oxygens (including phenoxy) is 2. The maximum Gasteiger partial charge on any atom is 0.311 e. The maximum absolute atomic E-state index is 12.2. The fraction of sp³-hybridized carbons (Fsp3) is 0.263. The normalized spacial score (nSPS) is 11.5. The van der Waals surface area contributed by atoms with Crippen molar-refractivity contribution in [2.75, 3.05) is 12.4 Å². The molecule has 0 fully saturated rings. The monoisotopic (exact) mass is 361 g/mol. The smallest absolute Gasteiger partial charge is 0.311 e. The number of carbonyl (C=O) groups is 2. The van der Waals surface area contributed by atoms with Crippen molar-refractivity contribution in [1.29, 1.82) is 0 Å². The molecule has 2 aromatic carbocycles. The zero-order valence-corrected chi connectivity index (χ0v) is 15.1. The minimum atomic E-state index is -0.943. The van der Waals surface area contributed by atoms with Crippen LogP contribution in [0.2, 0.25) is 5.02 Å². The number of amides is 1. The van der Waals surface area contributed by atoms with Gasteiger partial charge in [-0.15, -0.1) is 0 Å². The number of aryl methyl sites for hydroxylation is 1. The van der Waals surface area contributed by atoms with Crippen molar-refractivity contribution in [3.05, 3.63) is 58.6 Å². The van der Waals surface area contributed by atoms with Crippen molar-refractivity contribution in [3.63, 3.8) is 0 Å². The van der Waals surface area contributed by atoms with E-state index in [1.807, 2.05) is 31.2 Å². The van der Waals surface area contributed by atoms with Crippen LogP contribution in [0, 0.1) is 6.92 Å². The van der Waals surface area contributed by atoms with Gasteiger partial charge in [0.1, 0.15) is 5.75 Å². The minimum absolute atomic E-state index is 0.110. The van der Waals surface area contributed by atoms with Crippen molar-refractivity contribution in [2.45, 2.75) is 26.4 Å². The van der Waals surface area contributed by atoms with Gasteiger partial charge in [-0.2, -0.15) is 0 Å². The molecule has 25 heavy (non-hydrogen) atoms. The quantitative estimate of drug-likeness (QED) is 0.795. The molecule has 6 heteroatoms. The summed E-state index contributed by atoms with van der Waals surface area (Å²) in [5, 5.41) is 3.11. The summed E-state index contributed by atoms with van der Waals surface area (Å²) in [6, 6.07) is 12.4. The van der Waals surface area contributed by atoms with E-state index in [1.165, 1.54) is 14.0 Å². The fourth-order valence-electron chi connectivity index (χ4n) is 2.18. The molecule has 1 atom stereocenters. The second-order valence-corrected chi connectivity index (χ2v) is 6.06. The Morgan fingerprint density at radius 1 is 1.16 bits per heavy atom. The van der Waals surface area contributed by atoms with E-state index < -0.39 is 18.0 Å². The van der Waals surface area contributed by atoms with Crippen LogP contribution in [0.25, 0.3) is 0 Å². The molecule has 0 saturated heterocycles. The van der Waals surface area contributed by atoms with E-state index in [9.17, 15) is 9.59 Å². The Morgan fingerprint density at radius 3 is 2.48 bits per heavy atom. The summed E-state index contributed by atoms with van der Waals surface area (Å²) in [7, 11) is 1.49. The van der Waals surface area contributed by atoms with E-state index in [2.05, 4.69) is 5.32 Å². The lowest BCUT2D eigenvalue weighted by Crippen LogP contribution is -2.30. The molecular formula is C19H20ClNO4. The number of esters is 1. The second kappa shape index (κ2) is 8.53. The lowest BCUT2D eigenvalue weighted by atomic mass is 10.1. The summed E-state index contributed by atoms with van der Waals surface area (Å²) in [5.41, 5.74) is 2.36. The largest absolute Gasteiger partial charge is 0.495 e. The molecule has 1 N–H and O–H groups in total. The van der Waals surface area contributed by atoms with Crippen molar-refractivity contribution >= 4 is 29.2 Å². The molecular weight excluding hydrogens is 342 g/mol. The van der Waals surface area contributed by atoms with Gasteiger partial charge < -0.3 is 14.8 Å². The van der Waals surface area contributed by atoms with E-state index in [0.29, 0.717) is 16.5 Å². The molecule has 0 bridgehead atoms. The Hall–Kier alpha value is -2.53. The predicted octanol–water partition coefficient (Wildman–Crippen LogP) is 3.77. The lowest BCUT2D eigenvalue weighted by molar-refractivity contribution is -0.152. The molecule has 0 saturated carbocycles. The van der Waals surface area contributed by atoms with Crippen LogP contribution in [0.1, 0.15) is 18.1 Å². The van der Waals surface area contributed by atoms with Gasteiger partial charge in [0.2, 0.25) is 0 Å². The number of methoxy groups -OCH3 is 1. The van der Waals surface area contributed by atoms with Gasteiger partial charge in [-0.1, -0.05) is 41.4 Å². The van der Waals surface area contributed by atoms with E-state index in [1.54, 1.807) is 18.2 Å². The maximum atomic E-state index is 12.2. The van der Waals surface area contributed by atoms with Gasteiger partial charge >= 0.3 is 5.97 Å². The summed E-state index contributed by atoms with van der Waals surface area (Å²) in [4.78, 5) is 24.2. The highest BCUT2D eigenvalue weighted by atomic mass is 35.5. The highest BCUT2D eigenvalue weighted by molar-refractivity contribution is 6.31. The molecule has 2 rings (SSSR count). The van der Waals surface area contributed by atoms with Crippen LogP contribution < -0.4 is 10.1 Å². The number of benzene rings is 2. The number of nitrogens with one attached hydrogen (secondary N) is 1. The number of rotatable bonds is 6. The molecule has 0 radical (unpaired) electrons. The van der Waals surface area contributed by atoms with Crippen molar-refractivity contribution < 1.29 is 19.1 Å². The first-order valence-electron chi connectivity index (χ1n) is 7.78.